The molecule has 0 aromatic carbocycles. The SMILES string of the molecule is CCN(CC)OP(=O)(O)CC(N)=O. The van der Waals surface area contributed by atoms with Gasteiger partial charge < -0.3 is 10.6 Å². The van der Waals surface area contributed by atoms with Crippen LogP contribution in [-0.2, 0) is 14.0 Å². The fraction of sp³-hybridized carbons (Fsp3) is 0.833. The summed E-state index contributed by atoms with van der Waals surface area (Å²) in [6.45, 7) is 4.49. The highest BCUT2D eigenvalue weighted by atomic mass is 31.2. The summed E-state index contributed by atoms with van der Waals surface area (Å²) >= 11 is 0. The van der Waals surface area contributed by atoms with E-state index in [0.29, 0.717) is 13.1 Å². The molecule has 0 saturated heterocycles. The van der Waals surface area contributed by atoms with Gasteiger partial charge in [0.2, 0.25) is 5.91 Å². The molecule has 0 aliphatic heterocycles. The predicted octanol–water partition coefficient (Wildman–Crippen LogP) is -0.0695. The Kier molecular flexibility index (Phi) is 5.17. The number of hydrogen-bond acceptors (Lipinski definition) is 4. The van der Waals surface area contributed by atoms with Crippen molar-refractivity contribution in [2.75, 3.05) is 19.3 Å². The number of amides is 1. The molecule has 1 atom stereocenters. The lowest BCUT2D eigenvalue weighted by Gasteiger charge is -2.20. The second kappa shape index (κ2) is 5.34. The Bertz CT molecular complexity index is 217. The molecule has 0 fully saturated rings. The molecule has 1 unspecified atom stereocenters. The topological polar surface area (TPSA) is 92.9 Å². The van der Waals surface area contributed by atoms with Crippen molar-refractivity contribution in [3.63, 3.8) is 0 Å². The van der Waals surface area contributed by atoms with E-state index < -0.39 is 19.7 Å². The summed E-state index contributed by atoms with van der Waals surface area (Å²) in [6.07, 6.45) is -0.649. The monoisotopic (exact) mass is 210 g/mol. The van der Waals surface area contributed by atoms with E-state index in [4.69, 9.17) is 15.3 Å². The zero-order chi connectivity index (χ0) is 10.5. The summed E-state index contributed by atoms with van der Waals surface area (Å²) in [4.78, 5) is 19.5. The Balaban J connectivity index is 4.14. The smallest absolute Gasteiger partial charge is 0.353 e. The second-order valence-corrected chi connectivity index (χ2v) is 4.21. The van der Waals surface area contributed by atoms with E-state index in [1.165, 1.54) is 5.06 Å². The Morgan fingerprint density at radius 1 is 1.54 bits per heavy atom. The van der Waals surface area contributed by atoms with Crippen LogP contribution >= 0.6 is 7.60 Å². The molecule has 0 radical (unpaired) electrons. The zero-order valence-electron chi connectivity index (χ0n) is 7.77. The Hall–Kier alpha value is -0.420. The van der Waals surface area contributed by atoms with Crippen LogP contribution < -0.4 is 5.73 Å². The second-order valence-electron chi connectivity index (χ2n) is 2.46. The highest BCUT2D eigenvalue weighted by Crippen LogP contribution is 2.41. The van der Waals surface area contributed by atoms with Crippen LogP contribution in [0.3, 0.4) is 0 Å². The lowest BCUT2D eigenvalue weighted by atomic mass is 10.6. The van der Waals surface area contributed by atoms with E-state index in [9.17, 15) is 9.36 Å². The molecule has 0 aromatic rings. The zero-order valence-corrected chi connectivity index (χ0v) is 8.66. The number of rotatable bonds is 6. The van der Waals surface area contributed by atoms with E-state index in [-0.39, 0.29) is 0 Å². The molecule has 1 amide bonds. The molecule has 0 heterocycles. The fourth-order valence-corrected chi connectivity index (χ4v) is 1.79. The van der Waals surface area contributed by atoms with Gasteiger partial charge in [0.15, 0.2) is 0 Å². The van der Waals surface area contributed by atoms with E-state index in [2.05, 4.69) is 0 Å². The standard InChI is InChI=1S/C6H15N2O4P/c1-3-8(4-2)12-13(10,11)5-6(7)9/h3-5H2,1-2H3,(H2,7,9)(H,10,11). The minimum atomic E-state index is -3.89. The maximum Gasteiger partial charge on any atom is 0.353 e. The van der Waals surface area contributed by atoms with Crippen molar-refractivity contribution >= 4 is 13.5 Å². The molecule has 3 N–H and O–H groups in total. The molecule has 0 aromatic heterocycles. The third-order valence-corrected chi connectivity index (χ3v) is 2.50. The number of hydrogen-bond donors (Lipinski definition) is 2. The van der Waals surface area contributed by atoms with Crippen molar-refractivity contribution < 1.29 is 18.9 Å². The van der Waals surface area contributed by atoms with Gasteiger partial charge in [-0.1, -0.05) is 13.8 Å². The number of nitrogens with zero attached hydrogens (tertiary/aromatic N) is 1. The van der Waals surface area contributed by atoms with Gasteiger partial charge >= 0.3 is 7.60 Å². The van der Waals surface area contributed by atoms with Gasteiger partial charge in [-0.25, -0.2) is 4.62 Å². The van der Waals surface area contributed by atoms with Crippen molar-refractivity contribution in [1.29, 1.82) is 0 Å². The Labute approximate surface area is 77.1 Å². The van der Waals surface area contributed by atoms with Crippen molar-refractivity contribution in [1.82, 2.24) is 5.06 Å². The third kappa shape index (κ3) is 5.76. The molecule has 0 rings (SSSR count). The van der Waals surface area contributed by atoms with E-state index in [0.717, 1.165) is 0 Å². The van der Waals surface area contributed by atoms with Gasteiger partial charge in [-0.15, -0.1) is 0 Å². The van der Waals surface area contributed by atoms with Gasteiger partial charge in [0.1, 0.15) is 6.16 Å². The molecule has 6 nitrogen and oxygen atoms in total. The van der Waals surface area contributed by atoms with E-state index in [1.54, 1.807) is 13.8 Å². The highest BCUT2D eigenvalue weighted by Gasteiger charge is 2.25. The quantitative estimate of drug-likeness (QED) is 0.473. The van der Waals surface area contributed by atoms with E-state index >= 15 is 0 Å². The van der Waals surface area contributed by atoms with Crippen LogP contribution in [0.5, 0.6) is 0 Å². The number of nitrogens with two attached hydrogens (primary N) is 1. The Morgan fingerprint density at radius 2 is 2.00 bits per heavy atom. The number of carbonyl (C=O) groups is 1. The first kappa shape index (κ1) is 12.6. The molecule has 0 spiro atoms. The molecule has 0 saturated carbocycles. The van der Waals surface area contributed by atoms with Crippen LogP contribution in [0.15, 0.2) is 0 Å². The van der Waals surface area contributed by atoms with Crippen LogP contribution in [0.25, 0.3) is 0 Å². The average Bonchev–Trinajstić information content (AvgIpc) is 1.97. The fourth-order valence-electron chi connectivity index (χ4n) is 0.745. The van der Waals surface area contributed by atoms with Crippen LogP contribution in [0.2, 0.25) is 0 Å². The number of primary amides is 1. The van der Waals surface area contributed by atoms with Crippen molar-refractivity contribution in [3.05, 3.63) is 0 Å². The average molecular weight is 210 g/mol. The summed E-state index contributed by atoms with van der Waals surface area (Å²) in [6, 6.07) is 0. The van der Waals surface area contributed by atoms with Crippen LogP contribution in [0.1, 0.15) is 13.8 Å². The molecular formula is C6H15N2O4P. The summed E-state index contributed by atoms with van der Waals surface area (Å²) < 4.78 is 15.8. The molecule has 7 heteroatoms. The van der Waals surface area contributed by atoms with Crippen molar-refractivity contribution in [2.24, 2.45) is 5.73 Å². The van der Waals surface area contributed by atoms with Crippen LogP contribution in [-0.4, -0.2) is 35.1 Å². The van der Waals surface area contributed by atoms with Gasteiger partial charge in [0.25, 0.3) is 0 Å². The minimum Gasteiger partial charge on any atom is -0.369 e. The van der Waals surface area contributed by atoms with Gasteiger partial charge in [-0.05, 0) is 0 Å². The first-order valence-electron chi connectivity index (χ1n) is 3.96. The lowest BCUT2D eigenvalue weighted by Crippen LogP contribution is -2.25. The third-order valence-electron chi connectivity index (χ3n) is 1.30. The normalized spacial score (nSPS) is 15.7. The maximum atomic E-state index is 11.1. The number of carbonyl (C=O) groups excluding carboxylic acids is 1. The van der Waals surface area contributed by atoms with Crippen LogP contribution in [0.4, 0.5) is 0 Å². The minimum absolute atomic E-state index is 0.472. The lowest BCUT2D eigenvalue weighted by molar-refractivity contribution is -0.116. The largest absolute Gasteiger partial charge is 0.369 e. The van der Waals surface area contributed by atoms with Crippen molar-refractivity contribution in [2.45, 2.75) is 13.8 Å². The summed E-state index contributed by atoms with van der Waals surface area (Å²) in [5, 5.41) is 1.30. The van der Waals surface area contributed by atoms with Gasteiger partial charge in [0.05, 0.1) is 0 Å². The molecule has 0 aliphatic rings. The van der Waals surface area contributed by atoms with Gasteiger partial charge in [0, 0.05) is 13.1 Å². The molecule has 13 heavy (non-hydrogen) atoms. The highest BCUT2D eigenvalue weighted by molar-refractivity contribution is 7.53. The molecule has 78 valence electrons. The summed E-state index contributed by atoms with van der Waals surface area (Å²) in [5.74, 6) is -0.849. The van der Waals surface area contributed by atoms with Gasteiger partial charge in [-0.3, -0.25) is 9.36 Å². The summed E-state index contributed by atoms with van der Waals surface area (Å²) in [5.41, 5.74) is 4.77. The first-order valence-corrected chi connectivity index (χ1v) is 5.72. The van der Waals surface area contributed by atoms with E-state index in [1.807, 2.05) is 0 Å². The van der Waals surface area contributed by atoms with Crippen LogP contribution in [0, 0.1) is 0 Å². The maximum absolute atomic E-state index is 11.1. The van der Waals surface area contributed by atoms with Gasteiger partial charge in [-0.2, -0.15) is 5.06 Å². The first-order chi connectivity index (χ1) is 5.91. The molecule has 0 aliphatic carbocycles. The summed E-state index contributed by atoms with van der Waals surface area (Å²) in [7, 11) is -3.89. The number of hydroxylamine groups is 2. The molecule has 0 bridgehead atoms. The predicted molar refractivity (Wildman–Crippen MR) is 47.9 cm³/mol. The Morgan fingerprint density at radius 3 is 2.31 bits per heavy atom. The van der Waals surface area contributed by atoms with Crippen molar-refractivity contribution in [3.8, 4) is 0 Å². The molecular weight excluding hydrogens is 195 g/mol.